The summed E-state index contributed by atoms with van der Waals surface area (Å²) < 4.78 is 38.5. The number of carbonyl (C=O) groups excluding carboxylic acids is 2. The molecular formula is C14H11ClF3NO2. The maximum Gasteiger partial charge on any atom is 0.471 e. The summed E-state index contributed by atoms with van der Waals surface area (Å²) in [6, 6.07) is 4.85. The van der Waals surface area contributed by atoms with Crippen molar-refractivity contribution in [3.05, 3.63) is 42.0 Å². The fourth-order valence-electron chi connectivity index (χ4n) is 2.27. The van der Waals surface area contributed by atoms with E-state index in [1.807, 2.05) is 0 Å². The molecule has 0 radical (unpaired) electrons. The lowest BCUT2D eigenvalue weighted by atomic mass is 10.1. The standard InChI is InChI=1S/C14H11ClF3NO2/c15-12(20)10-7-3-4-8-11(10)19(9-5-1-2-6-9)13(21)14(16,17)18/h1-4,7-9H,5-6H2. The number of alkyl halides is 3. The van der Waals surface area contributed by atoms with Crippen molar-refractivity contribution in [1.82, 2.24) is 0 Å². The van der Waals surface area contributed by atoms with Crippen LogP contribution in [0.2, 0.25) is 0 Å². The van der Waals surface area contributed by atoms with Gasteiger partial charge in [-0.15, -0.1) is 0 Å². The van der Waals surface area contributed by atoms with Crippen molar-refractivity contribution >= 4 is 28.4 Å². The van der Waals surface area contributed by atoms with Gasteiger partial charge in [0.2, 0.25) is 0 Å². The Labute approximate surface area is 124 Å². The van der Waals surface area contributed by atoms with Gasteiger partial charge in [-0.05, 0) is 36.6 Å². The molecule has 1 amide bonds. The van der Waals surface area contributed by atoms with Gasteiger partial charge in [0.05, 0.1) is 11.3 Å². The van der Waals surface area contributed by atoms with Crippen molar-refractivity contribution in [2.75, 3.05) is 4.90 Å². The van der Waals surface area contributed by atoms with Gasteiger partial charge in [-0.3, -0.25) is 9.59 Å². The van der Waals surface area contributed by atoms with Gasteiger partial charge in [0.1, 0.15) is 0 Å². The number of anilines is 1. The third-order valence-electron chi connectivity index (χ3n) is 3.18. The Morgan fingerprint density at radius 3 is 2.24 bits per heavy atom. The molecule has 1 aromatic carbocycles. The first-order valence-electron chi connectivity index (χ1n) is 6.16. The van der Waals surface area contributed by atoms with Crippen LogP contribution in [-0.4, -0.2) is 23.4 Å². The number of amides is 1. The van der Waals surface area contributed by atoms with E-state index in [9.17, 15) is 22.8 Å². The van der Waals surface area contributed by atoms with Gasteiger partial charge in [-0.25, -0.2) is 0 Å². The van der Waals surface area contributed by atoms with Crippen LogP contribution in [0.1, 0.15) is 23.2 Å². The molecule has 0 heterocycles. The first-order chi connectivity index (χ1) is 9.82. The highest BCUT2D eigenvalue weighted by molar-refractivity contribution is 6.68. The summed E-state index contributed by atoms with van der Waals surface area (Å²) in [5, 5.41) is -0.906. The molecule has 0 atom stereocenters. The van der Waals surface area contributed by atoms with Crippen LogP contribution in [0.25, 0.3) is 0 Å². The number of nitrogens with zero attached hydrogens (tertiary/aromatic N) is 1. The Kier molecular flexibility index (Phi) is 4.37. The van der Waals surface area contributed by atoms with Crippen molar-refractivity contribution in [2.45, 2.75) is 25.1 Å². The van der Waals surface area contributed by atoms with E-state index in [1.165, 1.54) is 24.3 Å². The molecule has 1 aliphatic rings. The zero-order chi connectivity index (χ0) is 15.6. The Morgan fingerprint density at radius 2 is 1.71 bits per heavy atom. The predicted octanol–water partition coefficient (Wildman–Crippen LogP) is 3.68. The van der Waals surface area contributed by atoms with Crippen molar-refractivity contribution in [3.63, 3.8) is 0 Å². The number of rotatable bonds is 3. The second-order valence-corrected chi connectivity index (χ2v) is 4.90. The van der Waals surface area contributed by atoms with Crippen LogP contribution < -0.4 is 4.90 Å². The summed E-state index contributed by atoms with van der Waals surface area (Å²) in [6.07, 6.45) is -1.02. The predicted molar refractivity (Wildman–Crippen MR) is 72.3 cm³/mol. The number of para-hydroxylation sites is 1. The second-order valence-electron chi connectivity index (χ2n) is 4.56. The summed E-state index contributed by atoms with van der Waals surface area (Å²) in [5.74, 6) is -2.00. The molecule has 3 nitrogen and oxygen atoms in total. The zero-order valence-corrected chi connectivity index (χ0v) is 11.5. The fraction of sp³-hybridized carbons (Fsp3) is 0.286. The van der Waals surface area contributed by atoms with Crippen LogP contribution in [0, 0.1) is 0 Å². The molecule has 0 bridgehead atoms. The molecule has 0 N–H and O–H groups in total. The van der Waals surface area contributed by atoms with Crippen LogP contribution in [0.5, 0.6) is 0 Å². The monoisotopic (exact) mass is 317 g/mol. The molecule has 112 valence electrons. The highest BCUT2D eigenvalue weighted by Crippen LogP contribution is 2.32. The van der Waals surface area contributed by atoms with Gasteiger partial charge in [0.25, 0.3) is 5.24 Å². The number of halogens is 4. The number of hydrogen-bond donors (Lipinski definition) is 0. The SMILES string of the molecule is O=C(Cl)c1ccccc1N(C(=O)C(F)(F)F)C1CC=CC1. The fourth-order valence-corrected chi connectivity index (χ4v) is 2.43. The largest absolute Gasteiger partial charge is 0.471 e. The quantitative estimate of drug-likeness (QED) is 0.630. The minimum absolute atomic E-state index is 0.117. The summed E-state index contributed by atoms with van der Waals surface area (Å²) in [5.41, 5.74) is -0.239. The molecule has 1 aliphatic carbocycles. The maximum absolute atomic E-state index is 12.8. The van der Waals surface area contributed by atoms with Crippen LogP contribution in [0.3, 0.4) is 0 Å². The van der Waals surface area contributed by atoms with Gasteiger partial charge < -0.3 is 4.90 Å². The summed E-state index contributed by atoms with van der Waals surface area (Å²) in [6.45, 7) is 0. The highest BCUT2D eigenvalue weighted by Gasteiger charge is 2.46. The van der Waals surface area contributed by atoms with Crippen LogP contribution in [0.4, 0.5) is 18.9 Å². The summed E-state index contributed by atoms with van der Waals surface area (Å²) in [7, 11) is 0. The zero-order valence-electron chi connectivity index (χ0n) is 10.7. The highest BCUT2D eigenvalue weighted by atomic mass is 35.5. The van der Waals surface area contributed by atoms with E-state index in [-0.39, 0.29) is 11.3 Å². The summed E-state index contributed by atoms with van der Waals surface area (Å²) in [4.78, 5) is 23.8. The van der Waals surface area contributed by atoms with E-state index >= 15 is 0 Å². The van der Waals surface area contributed by atoms with Crippen molar-refractivity contribution in [3.8, 4) is 0 Å². The Balaban J connectivity index is 2.50. The van der Waals surface area contributed by atoms with Gasteiger partial charge in [0.15, 0.2) is 0 Å². The molecule has 0 spiro atoms. The Hall–Kier alpha value is -1.82. The third kappa shape index (κ3) is 3.26. The van der Waals surface area contributed by atoms with Crippen LogP contribution >= 0.6 is 11.6 Å². The van der Waals surface area contributed by atoms with Crippen molar-refractivity contribution in [1.29, 1.82) is 0 Å². The van der Waals surface area contributed by atoms with E-state index in [0.29, 0.717) is 17.7 Å². The molecule has 1 aromatic rings. The first-order valence-corrected chi connectivity index (χ1v) is 6.54. The minimum atomic E-state index is -5.02. The molecule has 0 unspecified atom stereocenters. The van der Waals surface area contributed by atoms with E-state index in [1.54, 1.807) is 12.2 Å². The molecule has 0 saturated heterocycles. The van der Waals surface area contributed by atoms with Gasteiger partial charge in [-0.1, -0.05) is 24.3 Å². The molecule has 0 aliphatic heterocycles. The lowest BCUT2D eigenvalue weighted by Gasteiger charge is -2.30. The average Bonchev–Trinajstić information content (AvgIpc) is 2.92. The molecule has 7 heteroatoms. The molecular weight excluding hydrogens is 307 g/mol. The topological polar surface area (TPSA) is 37.4 Å². The Bertz CT molecular complexity index is 590. The summed E-state index contributed by atoms with van der Waals surface area (Å²) >= 11 is 5.40. The van der Waals surface area contributed by atoms with Gasteiger partial charge in [-0.2, -0.15) is 13.2 Å². The minimum Gasteiger partial charge on any atom is -0.300 e. The van der Waals surface area contributed by atoms with Crippen molar-refractivity contribution in [2.24, 2.45) is 0 Å². The maximum atomic E-state index is 12.8. The number of hydrogen-bond acceptors (Lipinski definition) is 2. The van der Waals surface area contributed by atoms with E-state index in [2.05, 4.69) is 0 Å². The first kappa shape index (κ1) is 15.6. The van der Waals surface area contributed by atoms with Crippen LogP contribution in [0.15, 0.2) is 36.4 Å². The average molecular weight is 318 g/mol. The Morgan fingerprint density at radius 1 is 1.14 bits per heavy atom. The number of carbonyl (C=O) groups is 2. The second kappa shape index (κ2) is 5.89. The molecule has 0 fully saturated rings. The van der Waals surface area contributed by atoms with E-state index in [0.717, 1.165) is 0 Å². The smallest absolute Gasteiger partial charge is 0.300 e. The lowest BCUT2D eigenvalue weighted by Crippen LogP contribution is -2.47. The lowest BCUT2D eigenvalue weighted by molar-refractivity contribution is -0.170. The normalized spacial score (nSPS) is 15.2. The molecule has 0 aromatic heterocycles. The van der Waals surface area contributed by atoms with Crippen molar-refractivity contribution < 1.29 is 22.8 Å². The molecule has 21 heavy (non-hydrogen) atoms. The molecule has 2 rings (SSSR count). The van der Waals surface area contributed by atoms with E-state index < -0.39 is 23.4 Å². The number of benzene rings is 1. The van der Waals surface area contributed by atoms with Crippen LogP contribution in [-0.2, 0) is 4.79 Å². The van der Waals surface area contributed by atoms with Gasteiger partial charge in [0, 0.05) is 6.04 Å². The van der Waals surface area contributed by atoms with Gasteiger partial charge >= 0.3 is 12.1 Å². The third-order valence-corrected chi connectivity index (χ3v) is 3.39. The molecule has 0 saturated carbocycles. The van der Waals surface area contributed by atoms with E-state index in [4.69, 9.17) is 11.6 Å².